The highest BCUT2D eigenvalue weighted by Crippen LogP contribution is 2.84. The van der Waals surface area contributed by atoms with E-state index >= 15 is 0 Å². The van der Waals surface area contributed by atoms with Crippen LogP contribution in [-0.2, 0) is 13.7 Å². The molecular formula is C6H17O9P3. The fourth-order valence-electron chi connectivity index (χ4n) is 1.48. The van der Waals surface area contributed by atoms with Gasteiger partial charge in [0.25, 0.3) is 4.64 Å². The molecule has 0 saturated heterocycles. The maximum absolute atomic E-state index is 11.3. The summed E-state index contributed by atoms with van der Waals surface area (Å²) in [6.07, 6.45) is -0.718. The van der Waals surface area contributed by atoms with Crippen LogP contribution in [0.5, 0.6) is 0 Å². The molecule has 9 nitrogen and oxygen atoms in total. The van der Waals surface area contributed by atoms with E-state index in [0.29, 0.717) is 0 Å². The lowest BCUT2D eigenvalue weighted by Crippen LogP contribution is -2.31. The van der Waals surface area contributed by atoms with Crippen LogP contribution in [-0.4, -0.2) is 34.0 Å². The molecule has 1 unspecified atom stereocenters. The van der Waals surface area contributed by atoms with E-state index < -0.39 is 39.8 Å². The predicted molar refractivity (Wildman–Crippen MR) is 62.9 cm³/mol. The van der Waals surface area contributed by atoms with Crippen molar-refractivity contribution in [3.8, 4) is 0 Å². The minimum Gasteiger partial charge on any atom is -0.323 e. The monoisotopic (exact) mass is 326 g/mol. The summed E-state index contributed by atoms with van der Waals surface area (Å²) in [5.74, 6) is -0.683. The average Bonchev–Trinajstić information content (AvgIpc) is 2.07. The lowest BCUT2D eigenvalue weighted by molar-refractivity contribution is 0.283. The Morgan fingerprint density at radius 2 is 1.17 bits per heavy atom. The van der Waals surface area contributed by atoms with Crippen LogP contribution in [0.3, 0.4) is 0 Å². The van der Waals surface area contributed by atoms with E-state index in [2.05, 4.69) is 0 Å². The molecule has 0 aromatic heterocycles. The molecule has 6 N–H and O–H groups in total. The Morgan fingerprint density at radius 1 is 0.889 bits per heavy atom. The van der Waals surface area contributed by atoms with Gasteiger partial charge in [0.1, 0.15) is 0 Å². The second-order valence-electron chi connectivity index (χ2n) is 4.12. The number of hydrogen-bond donors (Lipinski definition) is 6. The second-order valence-corrected chi connectivity index (χ2v) is 10.7. The van der Waals surface area contributed by atoms with E-state index in [0.717, 1.165) is 0 Å². The van der Waals surface area contributed by atoms with Crippen molar-refractivity contribution < 1.29 is 43.1 Å². The molecule has 0 aromatic rings. The summed E-state index contributed by atoms with van der Waals surface area (Å²) in [6.45, 7) is 2.95. The largest absolute Gasteiger partial charge is 0.356 e. The van der Waals surface area contributed by atoms with Crippen molar-refractivity contribution in [3.63, 3.8) is 0 Å². The first kappa shape index (κ1) is 18.4. The SMILES string of the molecule is CCC(C)CC(P(=O)(O)O)(P(=O)(O)O)P(=O)(O)O. The van der Waals surface area contributed by atoms with Crippen molar-refractivity contribution in [2.45, 2.75) is 31.3 Å². The van der Waals surface area contributed by atoms with Gasteiger partial charge in [0.2, 0.25) is 0 Å². The first-order valence-electron chi connectivity index (χ1n) is 4.87. The molecule has 110 valence electrons. The van der Waals surface area contributed by atoms with Gasteiger partial charge in [-0.25, -0.2) is 0 Å². The van der Waals surface area contributed by atoms with Gasteiger partial charge in [-0.1, -0.05) is 20.3 Å². The minimum atomic E-state index is -5.74. The summed E-state index contributed by atoms with van der Waals surface area (Å²) in [7, 11) is -17.2. The fourth-order valence-corrected chi connectivity index (χ4v) is 7.20. The third kappa shape index (κ3) is 3.31. The Balaban J connectivity index is 6.19. The molecule has 0 radical (unpaired) electrons. The first-order valence-corrected chi connectivity index (χ1v) is 9.71. The first-order chi connectivity index (χ1) is 7.70. The van der Waals surface area contributed by atoms with Gasteiger partial charge in [-0.3, -0.25) is 13.7 Å². The summed E-state index contributed by atoms with van der Waals surface area (Å²) < 4.78 is 30.3. The van der Waals surface area contributed by atoms with Crippen LogP contribution >= 0.6 is 22.8 Å². The van der Waals surface area contributed by atoms with Crippen molar-refractivity contribution in [2.75, 3.05) is 0 Å². The molecule has 0 aromatic carbocycles. The van der Waals surface area contributed by atoms with E-state index in [1.165, 1.54) is 6.92 Å². The second kappa shape index (κ2) is 5.44. The smallest absolute Gasteiger partial charge is 0.323 e. The Kier molecular flexibility index (Phi) is 5.58. The zero-order chi connectivity index (χ0) is 15.0. The lowest BCUT2D eigenvalue weighted by atomic mass is 10.1. The molecule has 0 spiro atoms. The van der Waals surface area contributed by atoms with E-state index in [9.17, 15) is 13.7 Å². The molecule has 1 atom stereocenters. The minimum absolute atomic E-state index is 0.252. The molecule has 0 amide bonds. The highest BCUT2D eigenvalue weighted by Gasteiger charge is 2.71. The van der Waals surface area contributed by atoms with E-state index in [-0.39, 0.29) is 6.42 Å². The van der Waals surface area contributed by atoms with Crippen LogP contribution in [0.15, 0.2) is 0 Å². The summed E-state index contributed by atoms with van der Waals surface area (Å²) in [5, 5.41) is 0. The van der Waals surface area contributed by atoms with Gasteiger partial charge in [-0.15, -0.1) is 0 Å². The van der Waals surface area contributed by atoms with E-state index in [1.54, 1.807) is 6.92 Å². The van der Waals surface area contributed by atoms with E-state index in [1.807, 2.05) is 0 Å². The van der Waals surface area contributed by atoms with Gasteiger partial charge in [0, 0.05) is 0 Å². The van der Waals surface area contributed by atoms with Gasteiger partial charge in [-0.05, 0) is 12.3 Å². The molecule has 0 rings (SSSR count). The molecule has 12 heteroatoms. The van der Waals surface area contributed by atoms with Gasteiger partial charge < -0.3 is 29.4 Å². The van der Waals surface area contributed by atoms with Crippen LogP contribution < -0.4 is 0 Å². The zero-order valence-electron chi connectivity index (χ0n) is 9.74. The normalized spacial score (nSPS) is 16.7. The predicted octanol–water partition coefficient (Wildman–Crippen LogP) is 0.609. The van der Waals surface area contributed by atoms with Crippen molar-refractivity contribution in [1.29, 1.82) is 0 Å². The topological polar surface area (TPSA) is 173 Å². The highest BCUT2D eigenvalue weighted by atomic mass is 31.3. The van der Waals surface area contributed by atoms with Crippen LogP contribution in [0.4, 0.5) is 0 Å². The summed E-state index contributed by atoms with van der Waals surface area (Å²) in [6, 6.07) is 0. The Morgan fingerprint density at radius 3 is 1.33 bits per heavy atom. The van der Waals surface area contributed by atoms with Crippen molar-refractivity contribution >= 4 is 22.8 Å². The third-order valence-electron chi connectivity index (χ3n) is 2.72. The van der Waals surface area contributed by atoms with Crippen LogP contribution in [0.25, 0.3) is 0 Å². The number of rotatable bonds is 6. The Labute approximate surface area is 104 Å². The number of hydrogen-bond acceptors (Lipinski definition) is 3. The molecule has 0 aliphatic rings. The van der Waals surface area contributed by atoms with Gasteiger partial charge in [0.05, 0.1) is 0 Å². The van der Waals surface area contributed by atoms with Crippen molar-refractivity contribution in [1.82, 2.24) is 0 Å². The average molecular weight is 326 g/mol. The molecule has 0 fully saturated rings. The molecule has 0 aliphatic heterocycles. The third-order valence-corrected chi connectivity index (χ3v) is 10.8. The molecule has 0 bridgehead atoms. The maximum Gasteiger partial charge on any atom is 0.356 e. The van der Waals surface area contributed by atoms with Crippen LogP contribution in [0.2, 0.25) is 0 Å². The van der Waals surface area contributed by atoms with Gasteiger partial charge in [0.15, 0.2) is 0 Å². The van der Waals surface area contributed by atoms with Gasteiger partial charge >= 0.3 is 22.8 Å². The van der Waals surface area contributed by atoms with Crippen LogP contribution in [0, 0.1) is 5.92 Å². The fraction of sp³-hybridized carbons (Fsp3) is 1.00. The van der Waals surface area contributed by atoms with Crippen LogP contribution in [0.1, 0.15) is 26.7 Å². The molecule has 0 heterocycles. The summed E-state index contributed by atoms with van der Waals surface area (Å²) >= 11 is 0. The zero-order valence-corrected chi connectivity index (χ0v) is 12.4. The highest BCUT2D eigenvalue weighted by molar-refractivity contribution is 7.88. The maximum atomic E-state index is 11.3. The quantitative estimate of drug-likeness (QED) is 0.382. The molecular weight excluding hydrogens is 309 g/mol. The van der Waals surface area contributed by atoms with Crippen molar-refractivity contribution in [2.24, 2.45) is 5.92 Å². The lowest BCUT2D eigenvalue weighted by Gasteiger charge is -2.36. The van der Waals surface area contributed by atoms with E-state index in [4.69, 9.17) is 29.4 Å². The van der Waals surface area contributed by atoms with Crippen molar-refractivity contribution in [3.05, 3.63) is 0 Å². The molecule has 0 aliphatic carbocycles. The summed E-state index contributed by atoms with van der Waals surface area (Å²) in [4.78, 5) is 54.4. The Bertz CT molecular complexity index is 373. The molecule has 18 heavy (non-hydrogen) atoms. The van der Waals surface area contributed by atoms with Gasteiger partial charge in [-0.2, -0.15) is 0 Å². The Hall–Kier alpha value is 0.450. The standard InChI is InChI=1S/C6H17O9P3/c1-3-5(2)4-6(16(7,8)9,17(10,11)12)18(13,14)15/h5H,3-4H2,1-2H3,(H2,7,8,9)(H2,10,11,12)(H2,13,14,15). The molecule has 0 saturated carbocycles. The summed E-state index contributed by atoms with van der Waals surface area (Å²) in [5.41, 5.74) is 0.